The molecule has 2 heterocycles. The monoisotopic (exact) mass is 318 g/mol. The zero-order chi connectivity index (χ0) is 16.3. The van der Waals surface area contributed by atoms with Crippen molar-refractivity contribution in [2.45, 2.75) is 30.7 Å². The number of hydrogen-bond acceptors (Lipinski definition) is 2. The van der Waals surface area contributed by atoms with Crippen molar-refractivity contribution in [2.75, 3.05) is 13.6 Å². The van der Waals surface area contributed by atoms with Gasteiger partial charge in [0.1, 0.15) is 5.75 Å². The van der Waals surface area contributed by atoms with Gasteiger partial charge in [0.25, 0.3) is 0 Å². The summed E-state index contributed by atoms with van der Waals surface area (Å²) < 4.78 is 0. The Labute approximate surface area is 141 Å². The van der Waals surface area contributed by atoms with E-state index in [1.54, 1.807) is 6.07 Å². The molecule has 0 unspecified atom stereocenters. The number of hydrogen-bond donors (Lipinski definition) is 2. The quantitative estimate of drug-likeness (QED) is 0.716. The Bertz CT molecular complexity index is 928. The highest BCUT2D eigenvalue weighted by Gasteiger charge is 2.47. The summed E-state index contributed by atoms with van der Waals surface area (Å²) in [6.07, 6.45) is 3.31. The summed E-state index contributed by atoms with van der Waals surface area (Å²) in [6.45, 7) is 1.10. The highest BCUT2D eigenvalue weighted by atomic mass is 16.3. The molecule has 1 aliphatic heterocycles. The fraction of sp³-hybridized carbons (Fsp3) is 0.333. The maximum Gasteiger partial charge on any atom is 0.115 e. The summed E-state index contributed by atoms with van der Waals surface area (Å²) in [4.78, 5) is 6.18. The van der Waals surface area contributed by atoms with Crippen LogP contribution < -0.4 is 0 Å². The molecule has 1 saturated heterocycles. The molecule has 24 heavy (non-hydrogen) atoms. The van der Waals surface area contributed by atoms with Gasteiger partial charge in [-0.15, -0.1) is 0 Å². The standard InChI is InChI=1S/C21H22N2O/c1-23-10-9-21(14-5-4-6-16(24)11-14)13-15(23)12-19-20(21)17-7-2-3-8-18(17)22-19/h2-8,11,15,22,24H,9-10,12-13H2,1H3/t15-,21-/m0/s1. The van der Waals surface area contributed by atoms with Gasteiger partial charge in [-0.25, -0.2) is 0 Å². The number of piperidine rings is 1. The maximum absolute atomic E-state index is 10.1. The molecule has 2 aromatic carbocycles. The number of likely N-dealkylation sites (N-methyl/N-ethyl adjacent to an activating group) is 1. The molecule has 0 spiro atoms. The Morgan fingerprint density at radius 3 is 2.92 bits per heavy atom. The molecule has 5 rings (SSSR count). The van der Waals surface area contributed by atoms with Gasteiger partial charge in [-0.2, -0.15) is 0 Å². The highest BCUT2D eigenvalue weighted by Crippen LogP contribution is 2.51. The molecule has 2 bridgehead atoms. The van der Waals surface area contributed by atoms with Crippen LogP contribution >= 0.6 is 0 Å². The average molecular weight is 318 g/mol. The van der Waals surface area contributed by atoms with Crippen LogP contribution in [0.15, 0.2) is 48.5 Å². The first-order valence-corrected chi connectivity index (χ1v) is 8.77. The molecule has 3 heteroatoms. The Balaban J connectivity index is 1.83. The van der Waals surface area contributed by atoms with Gasteiger partial charge in [-0.1, -0.05) is 30.3 Å². The van der Waals surface area contributed by atoms with Gasteiger partial charge in [-0.3, -0.25) is 0 Å². The molecular formula is C21H22N2O. The van der Waals surface area contributed by atoms with Gasteiger partial charge >= 0.3 is 0 Å². The van der Waals surface area contributed by atoms with Gasteiger partial charge in [0.15, 0.2) is 0 Å². The van der Waals surface area contributed by atoms with Gasteiger partial charge < -0.3 is 15.0 Å². The van der Waals surface area contributed by atoms with Crippen LogP contribution in [0.1, 0.15) is 29.7 Å². The summed E-state index contributed by atoms with van der Waals surface area (Å²) in [5.74, 6) is 0.365. The zero-order valence-corrected chi connectivity index (χ0v) is 13.9. The second-order valence-corrected chi connectivity index (χ2v) is 7.45. The number of nitrogens with one attached hydrogen (secondary N) is 1. The molecule has 2 atom stereocenters. The lowest BCUT2D eigenvalue weighted by molar-refractivity contribution is 0.123. The molecule has 2 N–H and O–H groups in total. The second kappa shape index (κ2) is 4.87. The number of likely N-dealkylation sites (tertiary alicyclic amines) is 1. The van der Waals surface area contributed by atoms with E-state index in [4.69, 9.17) is 0 Å². The number of nitrogens with zero attached hydrogens (tertiary/aromatic N) is 1. The van der Waals surface area contributed by atoms with E-state index in [1.807, 2.05) is 12.1 Å². The van der Waals surface area contributed by atoms with Crippen LogP contribution in [0.4, 0.5) is 0 Å². The summed E-state index contributed by atoms with van der Waals surface area (Å²) in [6, 6.07) is 17.1. The first-order chi connectivity index (χ1) is 11.7. The lowest BCUT2D eigenvalue weighted by atomic mass is 9.61. The van der Waals surface area contributed by atoms with Crippen molar-refractivity contribution >= 4 is 10.9 Å². The van der Waals surface area contributed by atoms with Crippen LogP contribution in [-0.2, 0) is 11.8 Å². The number of fused-ring (bicyclic) bond motifs is 6. The number of rotatable bonds is 1. The molecule has 122 valence electrons. The van der Waals surface area contributed by atoms with E-state index in [2.05, 4.69) is 47.3 Å². The number of aromatic nitrogens is 1. The summed E-state index contributed by atoms with van der Waals surface area (Å²) >= 11 is 0. The summed E-state index contributed by atoms with van der Waals surface area (Å²) in [7, 11) is 2.24. The smallest absolute Gasteiger partial charge is 0.115 e. The first kappa shape index (κ1) is 14.1. The molecule has 2 aliphatic rings. The SMILES string of the molecule is CN1CC[C@@]2(c3cccc(O)c3)C[C@@H]1Cc1[nH]c3ccccc3c12. The average Bonchev–Trinajstić information content (AvgIpc) is 2.97. The minimum absolute atomic E-state index is 0.00308. The highest BCUT2D eigenvalue weighted by molar-refractivity contribution is 5.87. The molecular weight excluding hydrogens is 296 g/mol. The molecule has 3 nitrogen and oxygen atoms in total. The minimum Gasteiger partial charge on any atom is -0.508 e. The number of phenols is 1. The van der Waals surface area contributed by atoms with Gasteiger partial charge in [0.2, 0.25) is 0 Å². The van der Waals surface area contributed by atoms with E-state index in [9.17, 15) is 5.11 Å². The van der Waals surface area contributed by atoms with Crippen molar-refractivity contribution in [3.8, 4) is 5.75 Å². The number of aromatic hydroxyl groups is 1. The molecule has 1 aromatic heterocycles. The lowest BCUT2D eigenvalue weighted by Gasteiger charge is -2.50. The lowest BCUT2D eigenvalue weighted by Crippen LogP contribution is -2.52. The van der Waals surface area contributed by atoms with E-state index in [-0.39, 0.29) is 5.41 Å². The van der Waals surface area contributed by atoms with Crippen LogP contribution in [0.25, 0.3) is 10.9 Å². The topological polar surface area (TPSA) is 39.3 Å². The van der Waals surface area contributed by atoms with E-state index >= 15 is 0 Å². The fourth-order valence-electron chi connectivity index (χ4n) is 5.01. The minimum atomic E-state index is 0.00308. The molecule has 1 fully saturated rings. The van der Waals surface area contributed by atoms with Crippen LogP contribution in [0.3, 0.4) is 0 Å². The van der Waals surface area contributed by atoms with Crippen molar-refractivity contribution in [1.82, 2.24) is 9.88 Å². The van der Waals surface area contributed by atoms with Crippen LogP contribution in [0, 0.1) is 0 Å². The molecule has 1 aliphatic carbocycles. The van der Waals surface area contributed by atoms with Crippen LogP contribution in [0.2, 0.25) is 0 Å². The number of para-hydroxylation sites is 1. The normalized spacial score (nSPS) is 26.5. The predicted molar refractivity (Wildman–Crippen MR) is 96.5 cm³/mol. The van der Waals surface area contributed by atoms with Crippen molar-refractivity contribution in [1.29, 1.82) is 0 Å². The Morgan fingerprint density at radius 2 is 2.04 bits per heavy atom. The molecule has 3 aromatic rings. The third-order valence-electron chi connectivity index (χ3n) is 6.20. The van der Waals surface area contributed by atoms with Crippen molar-refractivity contribution < 1.29 is 5.11 Å². The van der Waals surface area contributed by atoms with Crippen LogP contribution in [-0.4, -0.2) is 34.6 Å². The predicted octanol–water partition coefficient (Wildman–Crippen LogP) is 3.81. The van der Waals surface area contributed by atoms with E-state index in [0.29, 0.717) is 11.8 Å². The number of benzene rings is 2. The molecule has 0 radical (unpaired) electrons. The number of aromatic amines is 1. The fourth-order valence-corrected chi connectivity index (χ4v) is 5.01. The van der Waals surface area contributed by atoms with Crippen LogP contribution in [0.5, 0.6) is 5.75 Å². The van der Waals surface area contributed by atoms with Crippen molar-refractivity contribution in [3.63, 3.8) is 0 Å². The van der Waals surface area contributed by atoms with Crippen molar-refractivity contribution in [3.05, 3.63) is 65.4 Å². The Morgan fingerprint density at radius 1 is 1.17 bits per heavy atom. The Hall–Kier alpha value is -2.26. The third-order valence-corrected chi connectivity index (χ3v) is 6.20. The molecule has 0 saturated carbocycles. The number of phenolic OH excluding ortho intramolecular Hbond substituents is 1. The Kier molecular flexibility index (Phi) is 2.86. The first-order valence-electron chi connectivity index (χ1n) is 8.77. The van der Waals surface area contributed by atoms with E-state index in [0.717, 1.165) is 25.8 Å². The number of H-pyrrole nitrogens is 1. The largest absolute Gasteiger partial charge is 0.508 e. The second-order valence-electron chi connectivity index (χ2n) is 7.45. The van der Waals surface area contributed by atoms with Gasteiger partial charge in [-0.05, 0) is 55.8 Å². The zero-order valence-electron chi connectivity index (χ0n) is 13.9. The van der Waals surface area contributed by atoms with Gasteiger partial charge in [0, 0.05) is 34.5 Å². The maximum atomic E-state index is 10.1. The third kappa shape index (κ3) is 1.82. The summed E-state index contributed by atoms with van der Waals surface area (Å²) in [5.41, 5.74) is 5.34. The van der Waals surface area contributed by atoms with Crippen molar-refractivity contribution in [2.24, 2.45) is 0 Å². The molecule has 0 amide bonds. The van der Waals surface area contributed by atoms with Gasteiger partial charge in [0.05, 0.1) is 0 Å². The summed E-state index contributed by atoms with van der Waals surface area (Å²) in [5, 5.41) is 11.4. The van der Waals surface area contributed by atoms with E-state index in [1.165, 1.54) is 27.7 Å². The van der Waals surface area contributed by atoms with E-state index < -0.39 is 0 Å².